The predicted octanol–water partition coefficient (Wildman–Crippen LogP) is 2.54. The molecule has 1 fully saturated rings. The van der Waals surface area contributed by atoms with E-state index in [1.54, 1.807) is 30.1 Å². The number of rotatable bonds is 5. The molecule has 3 rings (SSSR count). The van der Waals surface area contributed by atoms with Crippen molar-refractivity contribution in [3.05, 3.63) is 50.9 Å². The highest BCUT2D eigenvalue weighted by atomic mass is 35.5. The first-order valence-corrected chi connectivity index (χ1v) is 9.23. The van der Waals surface area contributed by atoms with Crippen molar-refractivity contribution in [2.75, 3.05) is 19.7 Å². The Kier molecular flexibility index (Phi) is 6.23. The van der Waals surface area contributed by atoms with Crippen LogP contribution in [0.5, 0.6) is 11.5 Å². The lowest BCUT2D eigenvalue weighted by molar-refractivity contribution is -0.135. The molecular weight excluding hydrogens is 393 g/mol. The summed E-state index contributed by atoms with van der Waals surface area (Å²) in [6.07, 6.45) is 2.77. The Balaban J connectivity index is 1.47. The van der Waals surface area contributed by atoms with Gasteiger partial charge in [0.15, 0.2) is 6.61 Å². The fourth-order valence-electron chi connectivity index (χ4n) is 2.74. The van der Waals surface area contributed by atoms with Gasteiger partial charge >= 0.3 is 0 Å². The van der Waals surface area contributed by atoms with Crippen LogP contribution >= 0.6 is 23.2 Å². The molecule has 0 N–H and O–H groups in total. The van der Waals surface area contributed by atoms with Crippen LogP contribution in [0.4, 0.5) is 0 Å². The van der Waals surface area contributed by atoms with Crippen molar-refractivity contribution >= 4 is 29.1 Å². The lowest BCUT2D eigenvalue weighted by Crippen LogP contribution is -2.43. The van der Waals surface area contributed by atoms with Crippen molar-refractivity contribution in [3.63, 3.8) is 0 Å². The number of ether oxygens (including phenoxy) is 2. The molecule has 1 saturated heterocycles. The number of aromatic nitrogens is 2. The highest BCUT2D eigenvalue weighted by Gasteiger charge is 2.24. The summed E-state index contributed by atoms with van der Waals surface area (Å²) in [6, 6.07) is 6.41. The Morgan fingerprint density at radius 1 is 1.26 bits per heavy atom. The van der Waals surface area contributed by atoms with Gasteiger partial charge in [0, 0.05) is 44.1 Å². The summed E-state index contributed by atoms with van der Waals surface area (Å²) in [7, 11) is 1.54. The minimum Gasteiger partial charge on any atom is -0.489 e. The third-order valence-electron chi connectivity index (χ3n) is 4.29. The molecule has 1 amide bonds. The topological polar surface area (TPSA) is 73.7 Å². The van der Waals surface area contributed by atoms with Gasteiger partial charge in [-0.1, -0.05) is 23.2 Å². The summed E-state index contributed by atoms with van der Waals surface area (Å²) >= 11 is 12.0. The van der Waals surface area contributed by atoms with E-state index in [4.69, 9.17) is 32.7 Å². The molecule has 144 valence electrons. The number of carbonyl (C=O) groups excluding carboxylic acids is 1. The molecule has 0 atom stereocenters. The number of nitrogens with zero attached hydrogens (tertiary/aromatic N) is 3. The fourth-order valence-corrected chi connectivity index (χ4v) is 3.19. The van der Waals surface area contributed by atoms with E-state index in [9.17, 15) is 9.59 Å². The van der Waals surface area contributed by atoms with E-state index in [0.717, 1.165) is 0 Å². The van der Waals surface area contributed by atoms with Gasteiger partial charge in [0.05, 0.1) is 11.2 Å². The van der Waals surface area contributed by atoms with Crippen molar-refractivity contribution in [3.8, 4) is 11.5 Å². The Morgan fingerprint density at radius 2 is 2.00 bits per heavy atom. The molecule has 2 heterocycles. The van der Waals surface area contributed by atoms with Gasteiger partial charge in [0.2, 0.25) is 0 Å². The number of likely N-dealkylation sites (tertiary alicyclic amines) is 1. The van der Waals surface area contributed by atoms with Gasteiger partial charge in [-0.15, -0.1) is 0 Å². The van der Waals surface area contributed by atoms with Crippen LogP contribution in [0, 0.1) is 0 Å². The SMILES string of the molecule is Cn1ncc(OCC(=O)N2CCC(Oc3ccc(Cl)cc3Cl)CC2)cc1=O. The molecule has 0 radical (unpaired) electrons. The smallest absolute Gasteiger partial charge is 0.270 e. The second kappa shape index (κ2) is 8.63. The molecular formula is C18H19Cl2N3O4. The average Bonchev–Trinajstić information content (AvgIpc) is 2.65. The van der Waals surface area contributed by atoms with Crippen molar-refractivity contribution in [2.45, 2.75) is 18.9 Å². The van der Waals surface area contributed by atoms with Crippen LogP contribution in [-0.2, 0) is 11.8 Å². The van der Waals surface area contributed by atoms with Gasteiger partial charge in [0.1, 0.15) is 17.6 Å². The summed E-state index contributed by atoms with van der Waals surface area (Å²) in [6.45, 7) is 0.989. The van der Waals surface area contributed by atoms with Gasteiger partial charge in [0.25, 0.3) is 11.5 Å². The molecule has 1 aromatic heterocycles. The van der Waals surface area contributed by atoms with Crippen LogP contribution in [0.25, 0.3) is 0 Å². The van der Waals surface area contributed by atoms with Crippen LogP contribution in [0.3, 0.4) is 0 Å². The zero-order chi connectivity index (χ0) is 19.4. The van der Waals surface area contributed by atoms with E-state index in [0.29, 0.717) is 41.7 Å². The molecule has 1 aromatic carbocycles. The van der Waals surface area contributed by atoms with Gasteiger partial charge in [-0.25, -0.2) is 4.68 Å². The molecule has 0 unspecified atom stereocenters. The minimum atomic E-state index is -0.293. The molecule has 0 bridgehead atoms. The van der Waals surface area contributed by atoms with Crippen molar-refractivity contribution < 1.29 is 14.3 Å². The van der Waals surface area contributed by atoms with Gasteiger partial charge < -0.3 is 14.4 Å². The third kappa shape index (κ3) is 5.14. The van der Waals surface area contributed by atoms with Crippen LogP contribution < -0.4 is 15.0 Å². The largest absolute Gasteiger partial charge is 0.489 e. The molecule has 0 spiro atoms. The zero-order valence-corrected chi connectivity index (χ0v) is 16.2. The second-order valence-electron chi connectivity index (χ2n) is 6.21. The van der Waals surface area contributed by atoms with Gasteiger partial charge in [-0.05, 0) is 18.2 Å². The Labute approximate surface area is 166 Å². The molecule has 1 aliphatic rings. The maximum Gasteiger partial charge on any atom is 0.270 e. The first-order valence-electron chi connectivity index (χ1n) is 8.48. The third-order valence-corrected chi connectivity index (χ3v) is 4.82. The maximum absolute atomic E-state index is 12.3. The van der Waals surface area contributed by atoms with Crippen molar-refractivity contribution in [1.29, 1.82) is 0 Å². The van der Waals surface area contributed by atoms with Gasteiger partial charge in [-0.2, -0.15) is 5.10 Å². The van der Waals surface area contributed by atoms with Crippen LogP contribution in [-0.4, -0.2) is 46.4 Å². The van der Waals surface area contributed by atoms with Crippen molar-refractivity contribution in [1.82, 2.24) is 14.7 Å². The molecule has 0 saturated carbocycles. The average molecular weight is 412 g/mol. The number of carbonyl (C=O) groups is 1. The monoisotopic (exact) mass is 411 g/mol. The highest BCUT2D eigenvalue weighted by molar-refractivity contribution is 6.35. The van der Waals surface area contributed by atoms with E-state index in [-0.39, 0.29) is 29.9 Å². The Bertz CT molecular complexity index is 879. The second-order valence-corrected chi connectivity index (χ2v) is 7.06. The summed E-state index contributed by atoms with van der Waals surface area (Å²) < 4.78 is 12.5. The highest BCUT2D eigenvalue weighted by Crippen LogP contribution is 2.30. The van der Waals surface area contributed by atoms with Crippen LogP contribution in [0.2, 0.25) is 10.0 Å². The summed E-state index contributed by atoms with van der Waals surface area (Å²) in [4.78, 5) is 25.5. The van der Waals surface area contributed by atoms with E-state index in [2.05, 4.69) is 5.10 Å². The number of hydrogen-bond acceptors (Lipinski definition) is 5. The number of amides is 1. The van der Waals surface area contributed by atoms with E-state index in [1.165, 1.54) is 16.9 Å². The molecule has 9 heteroatoms. The van der Waals surface area contributed by atoms with Crippen LogP contribution in [0.1, 0.15) is 12.8 Å². The maximum atomic E-state index is 12.3. The lowest BCUT2D eigenvalue weighted by atomic mass is 10.1. The summed E-state index contributed by atoms with van der Waals surface area (Å²) in [5, 5.41) is 4.87. The summed E-state index contributed by atoms with van der Waals surface area (Å²) in [5.74, 6) is 0.730. The fraction of sp³-hybridized carbons (Fsp3) is 0.389. The minimum absolute atomic E-state index is 0.0185. The molecule has 2 aromatic rings. The quantitative estimate of drug-likeness (QED) is 0.755. The molecule has 0 aliphatic carbocycles. The first kappa shape index (κ1) is 19.5. The van der Waals surface area contributed by atoms with E-state index < -0.39 is 0 Å². The van der Waals surface area contributed by atoms with E-state index >= 15 is 0 Å². The number of hydrogen-bond donors (Lipinski definition) is 0. The molecule has 1 aliphatic heterocycles. The van der Waals surface area contributed by atoms with Crippen LogP contribution in [0.15, 0.2) is 35.3 Å². The molecule has 27 heavy (non-hydrogen) atoms. The number of aryl methyl sites for hydroxylation is 1. The standard InChI is InChI=1S/C18H19Cl2N3O4/c1-22-17(24)9-14(10-21-22)26-11-18(25)23-6-4-13(5-7-23)27-16-3-2-12(19)8-15(16)20/h2-3,8-10,13H,4-7,11H2,1H3. The Morgan fingerprint density at radius 3 is 2.67 bits per heavy atom. The molecule has 7 nitrogen and oxygen atoms in total. The van der Waals surface area contributed by atoms with E-state index in [1.807, 2.05) is 0 Å². The zero-order valence-electron chi connectivity index (χ0n) is 14.7. The predicted molar refractivity (Wildman–Crippen MR) is 102 cm³/mol. The summed E-state index contributed by atoms with van der Waals surface area (Å²) in [5.41, 5.74) is -0.293. The lowest BCUT2D eigenvalue weighted by Gasteiger charge is -2.32. The number of halogens is 2. The van der Waals surface area contributed by atoms with Gasteiger partial charge in [-0.3, -0.25) is 9.59 Å². The number of benzene rings is 1. The Hall–Kier alpha value is -2.25. The normalized spacial score (nSPS) is 14.9. The van der Waals surface area contributed by atoms with Crippen molar-refractivity contribution in [2.24, 2.45) is 7.05 Å². The first-order chi connectivity index (χ1) is 12.9. The number of piperidine rings is 1.